The summed E-state index contributed by atoms with van der Waals surface area (Å²) in [6.07, 6.45) is 4.83. The van der Waals surface area contributed by atoms with Crippen molar-refractivity contribution in [3.63, 3.8) is 0 Å². The smallest absolute Gasteiger partial charge is 0.227 e. The van der Waals surface area contributed by atoms with Crippen molar-refractivity contribution in [1.29, 1.82) is 0 Å². The molecule has 0 spiro atoms. The van der Waals surface area contributed by atoms with Crippen LogP contribution in [0, 0.1) is 18.7 Å². The van der Waals surface area contributed by atoms with Crippen molar-refractivity contribution in [2.45, 2.75) is 51.1 Å². The standard InChI is InChI=1S/C21H29FN2O2/c1-15-2-4-18(22)10-17(15)11-21(25)24-13-16-3-5-20(24)14-23(12-16)19-6-8-26-9-7-19/h2,4,10,16,19-20H,3,5-9,11-14H2,1H3/t16-,20+/m0/s1. The third-order valence-electron chi connectivity index (χ3n) is 6.42. The molecule has 0 aromatic heterocycles. The van der Waals surface area contributed by atoms with Crippen LogP contribution in [0.5, 0.6) is 0 Å². The molecule has 0 aliphatic carbocycles. The summed E-state index contributed by atoms with van der Waals surface area (Å²) in [5.74, 6) is 0.456. The first-order valence-electron chi connectivity index (χ1n) is 9.96. The maximum Gasteiger partial charge on any atom is 0.227 e. The minimum absolute atomic E-state index is 0.155. The van der Waals surface area contributed by atoms with Crippen LogP contribution < -0.4 is 0 Å². The first-order chi connectivity index (χ1) is 12.6. The van der Waals surface area contributed by atoms with E-state index in [0.29, 0.717) is 24.4 Å². The molecule has 2 atom stereocenters. The summed E-state index contributed by atoms with van der Waals surface area (Å²) in [6, 6.07) is 5.64. The molecule has 2 bridgehead atoms. The lowest BCUT2D eigenvalue weighted by atomic mass is 9.94. The van der Waals surface area contributed by atoms with Gasteiger partial charge in [0.15, 0.2) is 0 Å². The molecule has 5 rings (SSSR count). The van der Waals surface area contributed by atoms with E-state index in [1.54, 1.807) is 6.07 Å². The van der Waals surface area contributed by atoms with Gasteiger partial charge < -0.3 is 9.64 Å². The Kier molecular flexibility index (Phi) is 5.28. The number of fused-ring (bicyclic) bond motifs is 4. The van der Waals surface area contributed by atoms with Crippen LogP contribution in [0.15, 0.2) is 18.2 Å². The Hall–Kier alpha value is -1.46. The van der Waals surface area contributed by atoms with E-state index < -0.39 is 0 Å². The van der Waals surface area contributed by atoms with Crippen LogP contribution >= 0.6 is 0 Å². The highest BCUT2D eigenvalue weighted by molar-refractivity contribution is 5.79. The van der Waals surface area contributed by atoms with Crippen LogP contribution in [-0.2, 0) is 16.0 Å². The minimum atomic E-state index is -0.263. The molecule has 1 aromatic rings. The van der Waals surface area contributed by atoms with Crippen LogP contribution in [0.2, 0.25) is 0 Å². The van der Waals surface area contributed by atoms with Gasteiger partial charge in [0.05, 0.1) is 6.42 Å². The molecular formula is C21H29FN2O2. The number of piperidine rings is 1. The van der Waals surface area contributed by atoms with Crippen molar-refractivity contribution in [3.05, 3.63) is 35.1 Å². The number of nitrogens with zero attached hydrogens (tertiary/aromatic N) is 2. The second-order valence-electron chi connectivity index (χ2n) is 8.19. The molecule has 26 heavy (non-hydrogen) atoms. The number of ether oxygens (including phenoxy) is 1. The molecule has 4 aliphatic heterocycles. The van der Waals surface area contributed by atoms with E-state index in [0.717, 1.165) is 63.2 Å². The minimum Gasteiger partial charge on any atom is -0.381 e. The zero-order valence-electron chi connectivity index (χ0n) is 15.6. The molecule has 4 aliphatic rings. The molecule has 5 heteroatoms. The monoisotopic (exact) mass is 360 g/mol. The Morgan fingerprint density at radius 1 is 1.12 bits per heavy atom. The van der Waals surface area contributed by atoms with Crippen molar-refractivity contribution in [2.24, 2.45) is 5.92 Å². The highest BCUT2D eigenvalue weighted by Crippen LogP contribution is 2.31. The van der Waals surface area contributed by atoms with Gasteiger partial charge in [0, 0.05) is 44.9 Å². The molecule has 0 N–H and O–H groups in total. The average Bonchev–Trinajstić information content (AvgIpc) is 2.97. The SMILES string of the molecule is Cc1ccc(F)cc1CC(=O)N1C[C@H]2CC[C@@H]1CN(C1CCOCC1)C2. The third kappa shape index (κ3) is 3.79. The van der Waals surface area contributed by atoms with E-state index >= 15 is 0 Å². The Morgan fingerprint density at radius 2 is 1.92 bits per heavy atom. The molecule has 4 fully saturated rings. The highest BCUT2D eigenvalue weighted by Gasteiger charge is 2.39. The van der Waals surface area contributed by atoms with E-state index in [1.807, 2.05) is 6.92 Å². The fourth-order valence-electron chi connectivity index (χ4n) is 4.87. The summed E-state index contributed by atoms with van der Waals surface area (Å²) in [5.41, 5.74) is 1.81. The van der Waals surface area contributed by atoms with Crippen LogP contribution in [-0.4, -0.2) is 60.6 Å². The summed E-state index contributed by atoms with van der Waals surface area (Å²) in [5, 5.41) is 0. The lowest BCUT2D eigenvalue weighted by molar-refractivity contribution is -0.134. The van der Waals surface area contributed by atoms with Gasteiger partial charge in [-0.25, -0.2) is 4.39 Å². The van der Waals surface area contributed by atoms with Crippen LogP contribution in [0.1, 0.15) is 36.8 Å². The van der Waals surface area contributed by atoms with E-state index in [2.05, 4.69) is 9.80 Å². The maximum absolute atomic E-state index is 13.6. The van der Waals surface area contributed by atoms with Crippen molar-refractivity contribution in [3.8, 4) is 0 Å². The van der Waals surface area contributed by atoms with E-state index in [-0.39, 0.29) is 11.7 Å². The summed E-state index contributed by atoms with van der Waals surface area (Å²) in [6.45, 7) is 6.61. The number of carbonyl (C=O) groups excluding carboxylic acids is 1. The summed E-state index contributed by atoms with van der Waals surface area (Å²) >= 11 is 0. The van der Waals surface area contributed by atoms with Gasteiger partial charge in [-0.3, -0.25) is 9.69 Å². The fraction of sp³-hybridized carbons (Fsp3) is 0.667. The topological polar surface area (TPSA) is 32.8 Å². The third-order valence-corrected chi connectivity index (χ3v) is 6.42. The number of hydrogen-bond donors (Lipinski definition) is 0. The lowest BCUT2D eigenvalue weighted by Gasteiger charge is -2.37. The first kappa shape index (κ1) is 17.9. The Labute approximate surface area is 155 Å². The zero-order valence-corrected chi connectivity index (χ0v) is 15.6. The lowest BCUT2D eigenvalue weighted by Crippen LogP contribution is -2.49. The predicted octanol–water partition coefficient (Wildman–Crippen LogP) is 2.78. The predicted molar refractivity (Wildman–Crippen MR) is 98.5 cm³/mol. The van der Waals surface area contributed by atoms with Gasteiger partial charge in [-0.1, -0.05) is 6.07 Å². The molecule has 4 nitrogen and oxygen atoms in total. The van der Waals surface area contributed by atoms with Gasteiger partial charge in [-0.2, -0.15) is 0 Å². The normalized spacial score (nSPS) is 27.5. The molecule has 1 amide bonds. The largest absolute Gasteiger partial charge is 0.381 e. The molecule has 142 valence electrons. The quantitative estimate of drug-likeness (QED) is 0.831. The van der Waals surface area contributed by atoms with Crippen LogP contribution in [0.3, 0.4) is 0 Å². The van der Waals surface area contributed by atoms with Gasteiger partial charge in [-0.05, 0) is 61.8 Å². The molecule has 0 radical (unpaired) electrons. The Bertz CT molecular complexity index is 659. The summed E-state index contributed by atoms with van der Waals surface area (Å²) in [7, 11) is 0. The average molecular weight is 360 g/mol. The molecule has 4 saturated heterocycles. The summed E-state index contributed by atoms with van der Waals surface area (Å²) < 4.78 is 19.1. The van der Waals surface area contributed by atoms with Gasteiger partial charge in [-0.15, -0.1) is 0 Å². The van der Waals surface area contributed by atoms with E-state index in [1.165, 1.54) is 18.6 Å². The second-order valence-corrected chi connectivity index (χ2v) is 8.19. The number of carbonyl (C=O) groups is 1. The van der Waals surface area contributed by atoms with E-state index in [4.69, 9.17) is 4.74 Å². The van der Waals surface area contributed by atoms with Gasteiger partial charge in [0.2, 0.25) is 5.91 Å². The van der Waals surface area contributed by atoms with Crippen molar-refractivity contribution in [1.82, 2.24) is 9.80 Å². The number of rotatable bonds is 3. The second kappa shape index (κ2) is 7.65. The van der Waals surface area contributed by atoms with Crippen molar-refractivity contribution >= 4 is 5.91 Å². The molecule has 1 aromatic carbocycles. The number of amides is 1. The van der Waals surface area contributed by atoms with E-state index in [9.17, 15) is 9.18 Å². The molecule has 0 unspecified atom stereocenters. The Balaban J connectivity index is 1.45. The van der Waals surface area contributed by atoms with Crippen molar-refractivity contribution in [2.75, 3.05) is 32.8 Å². The Morgan fingerprint density at radius 3 is 2.73 bits per heavy atom. The van der Waals surface area contributed by atoms with Gasteiger partial charge in [0.25, 0.3) is 0 Å². The number of hydrogen-bond acceptors (Lipinski definition) is 3. The number of benzene rings is 1. The zero-order chi connectivity index (χ0) is 18.1. The van der Waals surface area contributed by atoms with Crippen molar-refractivity contribution < 1.29 is 13.9 Å². The maximum atomic E-state index is 13.6. The number of halogens is 1. The molecular weight excluding hydrogens is 331 g/mol. The van der Waals surface area contributed by atoms with Crippen LogP contribution in [0.4, 0.5) is 4.39 Å². The molecule has 4 heterocycles. The van der Waals surface area contributed by atoms with Crippen LogP contribution in [0.25, 0.3) is 0 Å². The van der Waals surface area contributed by atoms with Gasteiger partial charge in [0.1, 0.15) is 5.82 Å². The summed E-state index contributed by atoms with van der Waals surface area (Å²) in [4.78, 5) is 17.7. The first-order valence-corrected chi connectivity index (χ1v) is 9.96. The van der Waals surface area contributed by atoms with Gasteiger partial charge >= 0.3 is 0 Å². The fourth-order valence-corrected chi connectivity index (χ4v) is 4.87. The highest BCUT2D eigenvalue weighted by atomic mass is 19.1. The molecule has 0 saturated carbocycles. The number of aryl methyl sites for hydroxylation is 1.